The van der Waals surface area contributed by atoms with E-state index in [1.165, 1.54) is 0 Å². The van der Waals surface area contributed by atoms with Crippen LogP contribution in [0.1, 0.15) is 44.3 Å². The van der Waals surface area contributed by atoms with Crippen molar-refractivity contribution in [2.45, 2.75) is 51.6 Å². The Morgan fingerprint density at radius 1 is 1.58 bits per heavy atom. The number of rotatable bonds is 6. The van der Waals surface area contributed by atoms with Gasteiger partial charge in [-0.1, -0.05) is 18.5 Å². The van der Waals surface area contributed by atoms with Crippen LogP contribution in [0.15, 0.2) is 4.52 Å². The lowest BCUT2D eigenvalue weighted by molar-refractivity contribution is -0.125. The van der Waals surface area contributed by atoms with E-state index in [-0.39, 0.29) is 11.9 Å². The molecule has 1 aromatic rings. The number of nitrogens with zero attached hydrogens (tertiary/aromatic N) is 3. The van der Waals surface area contributed by atoms with Gasteiger partial charge in [-0.3, -0.25) is 9.69 Å². The molecule has 19 heavy (non-hydrogen) atoms. The smallest absolute Gasteiger partial charge is 0.237 e. The zero-order valence-electron chi connectivity index (χ0n) is 11.7. The molecule has 1 aromatic heterocycles. The Morgan fingerprint density at radius 2 is 2.42 bits per heavy atom. The first-order valence-corrected chi connectivity index (χ1v) is 7.01. The average Bonchev–Trinajstić information content (AvgIpc) is 3.05. The topological polar surface area (TPSA) is 71.3 Å². The van der Waals surface area contributed by atoms with E-state index in [0.717, 1.165) is 38.6 Å². The maximum Gasteiger partial charge on any atom is 0.237 e. The molecular weight excluding hydrogens is 244 g/mol. The second-order valence-corrected chi connectivity index (χ2v) is 4.95. The van der Waals surface area contributed by atoms with Gasteiger partial charge in [0.25, 0.3) is 0 Å². The first-order chi connectivity index (χ1) is 9.24. The van der Waals surface area contributed by atoms with Crippen molar-refractivity contribution >= 4 is 5.91 Å². The molecule has 0 unspecified atom stereocenters. The lowest BCUT2D eigenvalue weighted by atomic mass is 10.2. The number of amides is 1. The summed E-state index contributed by atoms with van der Waals surface area (Å²) in [5.74, 6) is 1.46. The fourth-order valence-electron chi connectivity index (χ4n) is 2.44. The van der Waals surface area contributed by atoms with Crippen LogP contribution in [0.3, 0.4) is 0 Å². The Labute approximate surface area is 113 Å². The van der Waals surface area contributed by atoms with Gasteiger partial charge in [0.2, 0.25) is 11.8 Å². The molecule has 2 heterocycles. The lowest BCUT2D eigenvalue weighted by Crippen LogP contribution is -2.41. The van der Waals surface area contributed by atoms with E-state index in [1.54, 1.807) is 7.05 Å². The van der Waals surface area contributed by atoms with Crippen LogP contribution in [0.2, 0.25) is 0 Å². The van der Waals surface area contributed by atoms with Crippen LogP contribution in [0.4, 0.5) is 0 Å². The molecule has 0 aliphatic carbocycles. The average molecular weight is 266 g/mol. The molecule has 1 aliphatic heterocycles. The quantitative estimate of drug-likeness (QED) is 0.835. The highest BCUT2D eigenvalue weighted by Gasteiger charge is 2.30. The highest BCUT2D eigenvalue weighted by molar-refractivity contribution is 5.81. The Bertz CT molecular complexity index is 419. The van der Waals surface area contributed by atoms with Crippen LogP contribution >= 0.6 is 0 Å². The Hall–Kier alpha value is -1.43. The molecule has 6 heteroatoms. The fraction of sp³-hybridized carbons (Fsp3) is 0.769. The van der Waals surface area contributed by atoms with Gasteiger partial charge in [0.1, 0.15) is 0 Å². The molecule has 0 saturated carbocycles. The van der Waals surface area contributed by atoms with Gasteiger partial charge in [-0.05, 0) is 25.8 Å². The molecule has 0 radical (unpaired) electrons. The summed E-state index contributed by atoms with van der Waals surface area (Å²) in [4.78, 5) is 18.2. The molecule has 0 bridgehead atoms. The van der Waals surface area contributed by atoms with E-state index in [9.17, 15) is 4.79 Å². The van der Waals surface area contributed by atoms with Gasteiger partial charge in [-0.2, -0.15) is 4.98 Å². The molecule has 1 aliphatic rings. The highest BCUT2D eigenvalue weighted by Crippen LogP contribution is 2.19. The summed E-state index contributed by atoms with van der Waals surface area (Å²) in [6, 6.07) is -0.0532. The fourth-order valence-corrected chi connectivity index (χ4v) is 2.44. The number of hydrogen-bond acceptors (Lipinski definition) is 5. The van der Waals surface area contributed by atoms with Crippen molar-refractivity contribution in [2.75, 3.05) is 13.6 Å². The molecule has 1 fully saturated rings. The molecule has 0 spiro atoms. The van der Waals surface area contributed by atoms with E-state index >= 15 is 0 Å². The second kappa shape index (κ2) is 6.65. The van der Waals surface area contributed by atoms with E-state index < -0.39 is 0 Å². The standard InChI is InChI=1S/C13H22N4O2/c1-3-4-7-12-15-11(16-19-12)9-17-8-5-6-10(17)13(18)14-2/h10H,3-9H2,1-2H3,(H,14,18)/t10-/m1/s1. The maximum absolute atomic E-state index is 11.7. The van der Waals surface area contributed by atoms with Crippen molar-refractivity contribution in [2.24, 2.45) is 0 Å². The van der Waals surface area contributed by atoms with Crippen LogP contribution in [-0.2, 0) is 17.8 Å². The third-order valence-electron chi connectivity index (χ3n) is 3.51. The summed E-state index contributed by atoms with van der Waals surface area (Å²) in [6.45, 7) is 3.64. The van der Waals surface area contributed by atoms with Crippen LogP contribution in [0, 0.1) is 0 Å². The van der Waals surface area contributed by atoms with E-state index in [0.29, 0.717) is 18.3 Å². The molecule has 0 aromatic carbocycles. The monoisotopic (exact) mass is 266 g/mol. The molecule has 1 amide bonds. The third-order valence-corrected chi connectivity index (χ3v) is 3.51. The third kappa shape index (κ3) is 3.53. The summed E-state index contributed by atoms with van der Waals surface area (Å²) in [7, 11) is 1.68. The minimum atomic E-state index is -0.0532. The molecule has 6 nitrogen and oxygen atoms in total. The molecular formula is C13H22N4O2. The van der Waals surface area contributed by atoms with Gasteiger partial charge >= 0.3 is 0 Å². The first kappa shape index (κ1) is 14.0. The number of hydrogen-bond donors (Lipinski definition) is 1. The Morgan fingerprint density at radius 3 is 3.16 bits per heavy atom. The van der Waals surface area contributed by atoms with Gasteiger partial charge < -0.3 is 9.84 Å². The number of carbonyl (C=O) groups is 1. The Balaban J connectivity index is 1.92. The summed E-state index contributed by atoms with van der Waals surface area (Å²) in [5.41, 5.74) is 0. The van der Waals surface area contributed by atoms with Crippen LogP contribution in [0.5, 0.6) is 0 Å². The zero-order chi connectivity index (χ0) is 13.7. The highest BCUT2D eigenvalue weighted by atomic mass is 16.5. The molecule has 2 rings (SSSR count). The second-order valence-electron chi connectivity index (χ2n) is 4.95. The van der Waals surface area contributed by atoms with Gasteiger partial charge in [-0.15, -0.1) is 0 Å². The number of likely N-dealkylation sites (tertiary alicyclic amines) is 1. The van der Waals surface area contributed by atoms with E-state index in [4.69, 9.17) is 4.52 Å². The summed E-state index contributed by atoms with van der Waals surface area (Å²) in [5, 5.41) is 6.70. The summed E-state index contributed by atoms with van der Waals surface area (Å²) in [6.07, 6.45) is 4.95. The van der Waals surface area contributed by atoms with Crippen LogP contribution in [-0.4, -0.2) is 40.6 Å². The summed E-state index contributed by atoms with van der Waals surface area (Å²) >= 11 is 0. The number of aryl methyl sites for hydroxylation is 1. The van der Waals surface area contributed by atoms with Crippen molar-refractivity contribution in [1.82, 2.24) is 20.4 Å². The van der Waals surface area contributed by atoms with Crippen molar-refractivity contribution in [3.05, 3.63) is 11.7 Å². The maximum atomic E-state index is 11.7. The Kier molecular flexibility index (Phi) is 4.90. The zero-order valence-corrected chi connectivity index (χ0v) is 11.7. The van der Waals surface area contributed by atoms with Gasteiger partial charge in [0, 0.05) is 13.5 Å². The summed E-state index contributed by atoms with van der Waals surface area (Å²) < 4.78 is 5.21. The normalized spacial score (nSPS) is 19.8. The van der Waals surface area contributed by atoms with Crippen molar-refractivity contribution in [3.63, 3.8) is 0 Å². The van der Waals surface area contributed by atoms with Gasteiger partial charge in [-0.25, -0.2) is 0 Å². The first-order valence-electron chi connectivity index (χ1n) is 7.01. The van der Waals surface area contributed by atoms with Crippen LogP contribution in [0.25, 0.3) is 0 Å². The largest absolute Gasteiger partial charge is 0.358 e. The number of unbranched alkanes of at least 4 members (excludes halogenated alkanes) is 1. The predicted molar refractivity (Wildman–Crippen MR) is 70.4 cm³/mol. The van der Waals surface area contributed by atoms with Crippen molar-refractivity contribution < 1.29 is 9.32 Å². The SMILES string of the molecule is CCCCc1nc(CN2CCC[C@@H]2C(=O)NC)no1. The molecule has 1 atom stereocenters. The number of aromatic nitrogens is 2. The lowest BCUT2D eigenvalue weighted by Gasteiger charge is -2.20. The number of nitrogens with one attached hydrogen (secondary N) is 1. The van der Waals surface area contributed by atoms with Gasteiger partial charge in [0.05, 0.1) is 12.6 Å². The molecule has 106 valence electrons. The van der Waals surface area contributed by atoms with Crippen LogP contribution < -0.4 is 5.32 Å². The minimum Gasteiger partial charge on any atom is -0.358 e. The molecule has 1 saturated heterocycles. The van der Waals surface area contributed by atoms with Gasteiger partial charge in [0.15, 0.2) is 5.82 Å². The van der Waals surface area contributed by atoms with Crippen molar-refractivity contribution in [1.29, 1.82) is 0 Å². The molecule has 1 N–H and O–H groups in total. The number of likely N-dealkylation sites (N-methyl/N-ethyl adjacent to an activating group) is 1. The van der Waals surface area contributed by atoms with E-state index in [2.05, 4.69) is 27.3 Å². The number of carbonyl (C=O) groups excluding carboxylic acids is 1. The predicted octanol–water partition coefficient (Wildman–Crippen LogP) is 1.12. The van der Waals surface area contributed by atoms with Crippen molar-refractivity contribution in [3.8, 4) is 0 Å². The van der Waals surface area contributed by atoms with E-state index in [1.807, 2.05) is 0 Å². The minimum absolute atomic E-state index is 0.0532.